The van der Waals surface area contributed by atoms with Crippen LogP contribution in [-0.4, -0.2) is 31.6 Å². The largest absolute Gasteiger partial charge is 0.493 e. The summed E-state index contributed by atoms with van der Waals surface area (Å²) in [6.45, 7) is -2.85. The number of para-hydroxylation sites is 1. The molecular weight excluding hydrogens is 296 g/mol. The van der Waals surface area contributed by atoms with Crippen molar-refractivity contribution < 1.29 is 27.5 Å². The summed E-state index contributed by atoms with van der Waals surface area (Å²) in [4.78, 5) is 13.8. The van der Waals surface area contributed by atoms with E-state index in [2.05, 4.69) is 4.74 Å². The second kappa shape index (κ2) is 6.93. The number of carbonyl (C=O) groups is 1. The summed E-state index contributed by atoms with van der Waals surface area (Å²) >= 11 is 0. The Kier molecular flexibility index (Phi) is 4.98. The Balaban J connectivity index is 2.28. The van der Waals surface area contributed by atoms with E-state index in [-0.39, 0.29) is 23.6 Å². The molecule has 0 N–H and O–H groups in total. The van der Waals surface area contributed by atoms with Gasteiger partial charge in [-0.3, -0.25) is 4.79 Å². The summed E-state index contributed by atoms with van der Waals surface area (Å²) < 4.78 is 39.7. The summed E-state index contributed by atoms with van der Waals surface area (Å²) in [7, 11) is 2.85. The minimum atomic E-state index is -3.06. The fourth-order valence-corrected chi connectivity index (χ4v) is 1.97. The molecule has 2 rings (SSSR count). The molecule has 0 atom stereocenters. The average molecular weight is 311 g/mol. The molecule has 0 saturated carbocycles. The molecule has 0 aliphatic heterocycles. The van der Waals surface area contributed by atoms with Gasteiger partial charge in [-0.1, -0.05) is 6.07 Å². The second-order valence-electron chi connectivity index (χ2n) is 4.46. The highest BCUT2D eigenvalue weighted by Crippen LogP contribution is 2.33. The van der Waals surface area contributed by atoms with E-state index in [1.807, 2.05) is 0 Å². The molecule has 0 aliphatic carbocycles. The molecule has 5 nitrogen and oxygen atoms in total. The van der Waals surface area contributed by atoms with E-state index in [9.17, 15) is 13.6 Å². The molecule has 0 bridgehead atoms. The molecule has 0 radical (unpaired) electrons. The van der Waals surface area contributed by atoms with Gasteiger partial charge < -0.3 is 18.8 Å². The average Bonchev–Trinajstić information content (AvgIpc) is 2.99. The van der Waals surface area contributed by atoms with E-state index in [1.165, 1.54) is 43.5 Å². The lowest BCUT2D eigenvalue weighted by molar-refractivity contribution is -0.0516. The van der Waals surface area contributed by atoms with Crippen molar-refractivity contribution in [3.63, 3.8) is 0 Å². The number of ether oxygens (including phenoxy) is 2. The molecule has 0 aliphatic rings. The molecule has 118 valence electrons. The zero-order valence-corrected chi connectivity index (χ0v) is 12.1. The van der Waals surface area contributed by atoms with Crippen LogP contribution < -0.4 is 9.47 Å². The fourth-order valence-electron chi connectivity index (χ4n) is 1.97. The van der Waals surface area contributed by atoms with E-state index in [0.717, 1.165) is 0 Å². The van der Waals surface area contributed by atoms with Crippen molar-refractivity contribution in [3.8, 4) is 11.5 Å². The van der Waals surface area contributed by atoms with E-state index < -0.39 is 12.5 Å². The highest BCUT2D eigenvalue weighted by molar-refractivity contribution is 5.97. The smallest absolute Gasteiger partial charge is 0.387 e. The number of carbonyl (C=O) groups excluding carboxylic acids is 1. The highest BCUT2D eigenvalue weighted by atomic mass is 19.3. The van der Waals surface area contributed by atoms with Crippen LogP contribution >= 0.6 is 0 Å². The first kappa shape index (κ1) is 15.8. The molecule has 0 fully saturated rings. The van der Waals surface area contributed by atoms with Gasteiger partial charge in [-0.2, -0.15) is 8.78 Å². The summed E-state index contributed by atoms with van der Waals surface area (Å²) in [6, 6.07) is 7.80. The Hall–Kier alpha value is -2.57. The number of amides is 1. The third-order valence-corrected chi connectivity index (χ3v) is 2.96. The molecule has 1 aromatic carbocycles. The minimum Gasteiger partial charge on any atom is -0.493 e. The van der Waals surface area contributed by atoms with Crippen molar-refractivity contribution in [1.29, 1.82) is 0 Å². The predicted octanol–water partition coefficient (Wildman–Crippen LogP) is 3.16. The van der Waals surface area contributed by atoms with Crippen molar-refractivity contribution in [2.24, 2.45) is 0 Å². The van der Waals surface area contributed by atoms with Crippen molar-refractivity contribution in [2.45, 2.75) is 13.2 Å². The fraction of sp³-hybridized carbons (Fsp3) is 0.267. The number of hydrogen-bond acceptors (Lipinski definition) is 4. The molecule has 2 aromatic rings. The number of nitrogens with zero attached hydrogens (tertiary/aromatic N) is 1. The van der Waals surface area contributed by atoms with Gasteiger partial charge in [0, 0.05) is 7.05 Å². The zero-order valence-electron chi connectivity index (χ0n) is 12.1. The summed E-state index contributed by atoms with van der Waals surface area (Å²) in [5.74, 6) is -0.116. The highest BCUT2D eigenvalue weighted by Gasteiger charge is 2.23. The van der Waals surface area contributed by atoms with Crippen LogP contribution in [0, 0.1) is 0 Å². The Bertz CT molecular complexity index is 628. The van der Waals surface area contributed by atoms with Crippen LogP contribution in [0.3, 0.4) is 0 Å². The van der Waals surface area contributed by atoms with Gasteiger partial charge in [0.05, 0.1) is 25.5 Å². The predicted molar refractivity (Wildman–Crippen MR) is 74.1 cm³/mol. The van der Waals surface area contributed by atoms with Gasteiger partial charge in [-0.25, -0.2) is 0 Å². The Morgan fingerprint density at radius 1 is 1.32 bits per heavy atom. The maximum Gasteiger partial charge on any atom is 0.387 e. The van der Waals surface area contributed by atoms with Crippen LogP contribution in [0.15, 0.2) is 41.0 Å². The molecule has 0 spiro atoms. The first-order chi connectivity index (χ1) is 10.5. The van der Waals surface area contributed by atoms with Gasteiger partial charge >= 0.3 is 6.61 Å². The molecule has 22 heavy (non-hydrogen) atoms. The van der Waals surface area contributed by atoms with Gasteiger partial charge in [0.15, 0.2) is 11.5 Å². The molecule has 0 saturated heterocycles. The zero-order chi connectivity index (χ0) is 16.1. The molecular formula is C15H15F2NO4. The number of methoxy groups -OCH3 is 1. The van der Waals surface area contributed by atoms with Crippen LogP contribution in [0.25, 0.3) is 0 Å². The number of benzene rings is 1. The Labute approximate surface area is 126 Å². The number of hydrogen-bond donors (Lipinski definition) is 0. The monoisotopic (exact) mass is 311 g/mol. The van der Waals surface area contributed by atoms with Crippen molar-refractivity contribution >= 4 is 5.91 Å². The van der Waals surface area contributed by atoms with Gasteiger partial charge in [0.25, 0.3) is 5.91 Å². The lowest BCUT2D eigenvalue weighted by atomic mass is 10.1. The Morgan fingerprint density at radius 3 is 2.68 bits per heavy atom. The normalized spacial score (nSPS) is 10.6. The SMILES string of the molecule is COc1cccc(C(=O)N(C)Cc2ccco2)c1OC(F)F. The number of alkyl halides is 2. The quantitative estimate of drug-likeness (QED) is 0.822. The third-order valence-electron chi connectivity index (χ3n) is 2.96. The van der Waals surface area contributed by atoms with Crippen LogP contribution in [0.5, 0.6) is 11.5 Å². The maximum absolute atomic E-state index is 12.6. The number of halogens is 2. The van der Waals surface area contributed by atoms with Crippen molar-refractivity contribution in [2.75, 3.05) is 14.2 Å². The first-order valence-corrected chi connectivity index (χ1v) is 6.42. The molecule has 7 heteroatoms. The maximum atomic E-state index is 12.6. The van der Waals surface area contributed by atoms with E-state index in [4.69, 9.17) is 9.15 Å². The number of rotatable bonds is 6. The van der Waals surface area contributed by atoms with Crippen LogP contribution in [0.4, 0.5) is 8.78 Å². The molecule has 1 aromatic heterocycles. The minimum absolute atomic E-state index is 0.00583. The summed E-state index contributed by atoms with van der Waals surface area (Å²) in [5, 5.41) is 0. The van der Waals surface area contributed by atoms with Crippen LogP contribution in [0.2, 0.25) is 0 Å². The summed E-state index contributed by atoms with van der Waals surface area (Å²) in [5.41, 5.74) is -0.00583. The van der Waals surface area contributed by atoms with Gasteiger partial charge in [0.2, 0.25) is 0 Å². The topological polar surface area (TPSA) is 51.9 Å². The summed E-state index contributed by atoms with van der Waals surface area (Å²) in [6.07, 6.45) is 1.49. The first-order valence-electron chi connectivity index (χ1n) is 6.42. The molecule has 0 unspecified atom stereocenters. The lowest BCUT2D eigenvalue weighted by Gasteiger charge is -2.19. The van der Waals surface area contributed by atoms with E-state index in [1.54, 1.807) is 12.1 Å². The second-order valence-corrected chi connectivity index (χ2v) is 4.46. The molecule has 1 amide bonds. The van der Waals surface area contributed by atoms with Crippen molar-refractivity contribution in [1.82, 2.24) is 4.90 Å². The lowest BCUT2D eigenvalue weighted by Crippen LogP contribution is -2.27. The van der Waals surface area contributed by atoms with Gasteiger partial charge in [-0.15, -0.1) is 0 Å². The molecule has 1 heterocycles. The van der Waals surface area contributed by atoms with E-state index >= 15 is 0 Å². The van der Waals surface area contributed by atoms with Gasteiger partial charge in [0.1, 0.15) is 5.76 Å². The van der Waals surface area contributed by atoms with Crippen LogP contribution in [0.1, 0.15) is 16.1 Å². The van der Waals surface area contributed by atoms with Crippen LogP contribution in [-0.2, 0) is 6.54 Å². The Morgan fingerprint density at radius 2 is 2.09 bits per heavy atom. The van der Waals surface area contributed by atoms with E-state index in [0.29, 0.717) is 5.76 Å². The van der Waals surface area contributed by atoms with Crippen molar-refractivity contribution in [3.05, 3.63) is 47.9 Å². The third kappa shape index (κ3) is 3.55. The van der Waals surface area contributed by atoms with Gasteiger partial charge in [-0.05, 0) is 24.3 Å². The number of furan rings is 1. The standard InChI is InChI=1S/C15H15F2NO4/c1-18(9-10-5-4-8-21-10)14(19)11-6-3-7-12(20-2)13(11)22-15(16)17/h3-8,15H,9H2,1-2H3.